The van der Waals surface area contributed by atoms with Gasteiger partial charge >= 0.3 is 6.18 Å². The smallest absolute Gasteiger partial charge is 0.268 e. The maximum atomic E-state index is 12.6. The molecule has 0 atom stereocenters. The van der Waals surface area contributed by atoms with E-state index in [2.05, 4.69) is 0 Å². The molecule has 3 rings (SSSR count). The normalized spacial score (nSPS) is 16.1. The van der Waals surface area contributed by atoms with Crippen LogP contribution in [0.15, 0.2) is 53.4 Å². The number of nitro groups is 1. The maximum Gasteiger partial charge on any atom is 0.416 e. The molecule has 1 saturated heterocycles. The Kier molecular flexibility index (Phi) is 5.23. The fourth-order valence-electron chi connectivity index (χ4n) is 2.46. The fraction of sp³-hybridized carbons (Fsp3) is 0.111. The summed E-state index contributed by atoms with van der Waals surface area (Å²) in [6, 6.07) is 9.65. The average Bonchev–Trinajstić information content (AvgIpc) is 2.89. The molecule has 6 nitrogen and oxygen atoms in total. The van der Waals surface area contributed by atoms with E-state index in [0.717, 1.165) is 17.0 Å². The second kappa shape index (κ2) is 7.47. The van der Waals surface area contributed by atoms with Gasteiger partial charge in [0.2, 0.25) is 0 Å². The van der Waals surface area contributed by atoms with E-state index in [9.17, 15) is 32.9 Å². The minimum absolute atomic E-state index is 0.0625. The van der Waals surface area contributed by atoms with E-state index >= 15 is 0 Å². The Balaban J connectivity index is 1.75. The molecule has 2 aromatic rings. The molecule has 1 fully saturated rings. The molecule has 2 aromatic carbocycles. The summed E-state index contributed by atoms with van der Waals surface area (Å²) in [4.78, 5) is 35.7. The molecule has 0 unspecified atom stereocenters. The lowest BCUT2D eigenvalue weighted by atomic mass is 10.1. The second-order valence-electron chi connectivity index (χ2n) is 5.81. The van der Waals surface area contributed by atoms with Crippen LogP contribution in [0.1, 0.15) is 16.7 Å². The molecule has 0 N–H and O–H groups in total. The summed E-state index contributed by atoms with van der Waals surface area (Å²) >= 11 is 0.682. The Morgan fingerprint density at radius 2 is 1.64 bits per heavy atom. The highest BCUT2D eigenvalue weighted by atomic mass is 32.2. The van der Waals surface area contributed by atoms with Gasteiger partial charge in [-0.25, -0.2) is 0 Å². The van der Waals surface area contributed by atoms with Crippen molar-refractivity contribution in [3.8, 4) is 0 Å². The van der Waals surface area contributed by atoms with Crippen LogP contribution < -0.4 is 0 Å². The number of amides is 2. The molecule has 0 radical (unpaired) electrons. The molecule has 1 aliphatic heterocycles. The van der Waals surface area contributed by atoms with Crippen LogP contribution in [0.2, 0.25) is 0 Å². The van der Waals surface area contributed by atoms with Crippen LogP contribution in [-0.2, 0) is 17.5 Å². The summed E-state index contributed by atoms with van der Waals surface area (Å²) in [6.07, 6.45) is -3.11. The Morgan fingerprint density at radius 3 is 2.18 bits per heavy atom. The van der Waals surface area contributed by atoms with Crippen LogP contribution in [-0.4, -0.2) is 21.0 Å². The van der Waals surface area contributed by atoms with Crippen LogP contribution in [0.4, 0.5) is 23.7 Å². The van der Waals surface area contributed by atoms with Gasteiger partial charge in [0.25, 0.3) is 16.8 Å². The number of carbonyl (C=O) groups excluding carboxylic acids is 2. The number of nitrogens with zero attached hydrogens (tertiary/aromatic N) is 2. The Labute approximate surface area is 160 Å². The highest BCUT2D eigenvalue weighted by Crippen LogP contribution is 2.34. The number of alkyl halides is 3. The van der Waals surface area contributed by atoms with Crippen molar-refractivity contribution >= 4 is 34.7 Å². The monoisotopic (exact) mass is 408 g/mol. The molecule has 1 heterocycles. The van der Waals surface area contributed by atoms with Crippen LogP contribution in [0.25, 0.3) is 6.08 Å². The van der Waals surface area contributed by atoms with E-state index in [1.54, 1.807) is 0 Å². The first-order valence-corrected chi connectivity index (χ1v) is 8.63. The first-order valence-electron chi connectivity index (χ1n) is 7.81. The number of nitro benzene ring substituents is 1. The van der Waals surface area contributed by atoms with E-state index < -0.39 is 27.8 Å². The first-order chi connectivity index (χ1) is 13.1. The molecule has 1 aliphatic rings. The van der Waals surface area contributed by atoms with Gasteiger partial charge in [-0.15, -0.1) is 0 Å². The number of carbonyl (C=O) groups is 2. The van der Waals surface area contributed by atoms with E-state index in [0.29, 0.717) is 22.9 Å². The number of imide groups is 1. The first kappa shape index (κ1) is 19.6. The Morgan fingerprint density at radius 1 is 1.04 bits per heavy atom. The van der Waals surface area contributed by atoms with Crippen molar-refractivity contribution < 1.29 is 27.7 Å². The fourth-order valence-corrected chi connectivity index (χ4v) is 3.30. The number of non-ortho nitro benzene ring substituents is 1. The molecule has 0 bridgehead atoms. The number of hydrogen-bond donors (Lipinski definition) is 0. The Bertz CT molecular complexity index is 970. The number of halogens is 3. The standard InChI is InChI=1S/C18H11F3N2O4S/c19-18(20,21)13-5-1-11(2-6-13)9-15-16(24)22(17(25)28-15)10-12-3-7-14(8-4-12)23(26)27/h1-9H,10H2/b15-9-. The van der Waals surface area contributed by atoms with Gasteiger partial charge < -0.3 is 0 Å². The molecule has 10 heteroatoms. The zero-order chi connectivity index (χ0) is 20.5. The van der Waals surface area contributed by atoms with Crippen molar-refractivity contribution in [1.29, 1.82) is 0 Å². The van der Waals surface area contributed by atoms with Crippen LogP contribution in [0, 0.1) is 10.1 Å². The number of hydrogen-bond acceptors (Lipinski definition) is 5. The molecule has 144 valence electrons. The SMILES string of the molecule is O=C1S/C(=C\c2ccc(C(F)(F)F)cc2)C(=O)N1Cc1ccc([N+](=O)[O-])cc1. The van der Waals surface area contributed by atoms with Crippen molar-refractivity contribution in [3.63, 3.8) is 0 Å². The van der Waals surface area contributed by atoms with E-state index in [1.807, 2.05) is 0 Å². The van der Waals surface area contributed by atoms with Gasteiger partial charge in [0, 0.05) is 12.1 Å². The zero-order valence-corrected chi connectivity index (χ0v) is 14.8. The van der Waals surface area contributed by atoms with Gasteiger partial charge in [0.15, 0.2) is 0 Å². The molecule has 28 heavy (non-hydrogen) atoms. The molecule has 0 aliphatic carbocycles. The number of benzene rings is 2. The highest BCUT2D eigenvalue weighted by Gasteiger charge is 2.35. The zero-order valence-electron chi connectivity index (χ0n) is 14.0. The van der Waals surface area contributed by atoms with Gasteiger partial charge in [-0.1, -0.05) is 24.3 Å². The molecular formula is C18H11F3N2O4S. The third-order valence-electron chi connectivity index (χ3n) is 3.90. The van der Waals surface area contributed by atoms with E-state index in [4.69, 9.17) is 0 Å². The summed E-state index contributed by atoms with van der Waals surface area (Å²) in [5.74, 6) is -0.576. The van der Waals surface area contributed by atoms with E-state index in [1.165, 1.54) is 42.5 Å². The van der Waals surface area contributed by atoms with Crippen molar-refractivity contribution in [2.45, 2.75) is 12.7 Å². The number of thioether (sulfide) groups is 1. The topological polar surface area (TPSA) is 80.5 Å². The van der Waals surface area contributed by atoms with Gasteiger partial charge in [0.1, 0.15) is 0 Å². The third kappa shape index (κ3) is 4.22. The lowest BCUT2D eigenvalue weighted by molar-refractivity contribution is -0.384. The predicted molar refractivity (Wildman–Crippen MR) is 96.1 cm³/mol. The number of rotatable bonds is 4. The van der Waals surface area contributed by atoms with Crippen molar-refractivity contribution in [3.05, 3.63) is 80.2 Å². The molecule has 0 aromatic heterocycles. The quantitative estimate of drug-likeness (QED) is 0.410. The van der Waals surface area contributed by atoms with E-state index in [-0.39, 0.29) is 17.1 Å². The van der Waals surface area contributed by atoms with Gasteiger partial charge in [0.05, 0.1) is 21.9 Å². The van der Waals surface area contributed by atoms with Crippen LogP contribution in [0.5, 0.6) is 0 Å². The van der Waals surface area contributed by atoms with Crippen molar-refractivity contribution in [1.82, 2.24) is 4.90 Å². The van der Waals surface area contributed by atoms with Crippen molar-refractivity contribution in [2.75, 3.05) is 0 Å². The van der Waals surface area contributed by atoms with Crippen LogP contribution >= 0.6 is 11.8 Å². The lowest BCUT2D eigenvalue weighted by Gasteiger charge is -2.12. The van der Waals surface area contributed by atoms with Gasteiger partial charge in [-0.3, -0.25) is 24.6 Å². The maximum absolute atomic E-state index is 12.6. The molecule has 0 saturated carbocycles. The minimum Gasteiger partial charge on any atom is -0.268 e. The summed E-state index contributed by atoms with van der Waals surface area (Å²) in [6.45, 7) is -0.0625. The lowest BCUT2D eigenvalue weighted by Crippen LogP contribution is -2.27. The van der Waals surface area contributed by atoms with Gasteiger partial charge in [-0.05, 0) is 41.1 Å². The molecule has 2 amide bonds. The minimum atomic E-state index is -4.46. The average molecular weight is 408 g/mol. The largest absolute Gasteiger partial charge is 0.416 e. The summed E-state index contributed by atoms with van der Waals surface area (Å²) in [5.41, 5.74) is -0.0338. The van der Waals surface area contributed by atoms with Gasteiger partial charge in [-0.2, -0.15) is 13.2 Å². The molecular weight excluding hydrogens is 397 g/mol. The van der Waals surface area contributed by atoms with Crippen molar-refractivity contribution in [2.24, 2.45) is 0 Å². The summed E-state index contributed by atoms with van der Waals surface area (Å²) in [7, 11) is 0. The third-order valence-corrected chi connectivity index (χ3v) is 4.80. The summed E-state index contributed by atoms with van der Waals surface area (Å²) < 4.78 is 37.8. The van der Waals surface area contributed by atoms with Crippen LogP contribution in [0.3, 0.4) is 0 Å². The summed E-state index contributed by atoms with van der Waals surface area (Å²) in [5, 5.41) is 10.1. The molecule has 0 spiro atoms. The highest BCUT2D eigenvalue weighted by molar-refractivity contribution is 8.18. The predicted octanol–water partition coefficient (Wildman–Crippen LogP) is 4.85. The Hall–Kier alpha value is -3.14. The second-order valence-corrected chi connectivity index (χ2v) is 6.80.